The fraction of sp³-hybridized carbons (Fsp3) is 0.172. The van der Waals surface area contributed by atoms with E-state index in [1.807, 2.05) is 36.5 Å². The predicted octanol–water partition coefficient (Wildman–Crippen LogP) is 5.43. The van der Waals surface area contributed by atoms with Crippen LogP contribution in [0.2, 0.25) is 0 Å². The van der Waals surface area contributed by atoms with Crippen molar-refractivity contribution < 1.29 is 0 Å². The van der Waals surface area contributed by atoms with Gasteiger partial charge in [0.25, 0.3) is 0 Å². The van der Waals surface area contributed by atoms with Gasteiger partial charge in [-0.2, -0.15) is 0 Å². The van der Waals surface area contributed by atoms with E-state index in [0.29, 0.717) is 18.9 Å². The summed E-state index contributed by atoms with van der Waals surface area (Å²) in [6, 6.07) is 20.6. The maximum absolute atomic E-state index is 6.08. The highest BCUT2D eigenvalue weighted by molar-refractivity contribution is 5.94. The predicted molar refractivity (Wildman–Crippen MR) is 146 cm³/mol. The smallest absolute Gasteiger partial charge is 0.131 e. The molecule has 0 saturated heterocycles. The number of nitrogens with two attached hydrogens (primary N) is 1. The van der Waals surface area contributed by atoms with Gasteiger partial charge in [0.15, 0.2) is 0 Å². The van der Waals surface area contributed by atoms with E-state index in [1.54, 1.807) is 12.5 Å². The number of hydrogen-bond donors (Lipinski definition) is 3. The Balaban J connectivity index is 1.21. The highest BCUT2D eigenvalue weighted by atomic mass is 15.1. The van der Waals surface area contributed by atoms with Gasteiger partial charge in [-0.3, -0.25) is 4.98 Å². The fourth-order valence-electron chi connectivity index (χ4n) is 4.41. The van der Waals surface area contributed by atoms with Crippen molar-refractivity contribution in [3.8, 4) is 0 Å². The van der Waals surface area contributed by atoms with Gasteiger partial charge in [0.1, 0.15) is 23.8 Å². The van der Waals surface area contributed by atoms with Gasteiger partial charge in [-0.05, 0) is 71.3 Å². The molecule has 2 aromatic carbocycles. The summed E-state index contributed by atoms with van der Waals surface area (Å²) in [5.74, 6) is 2.11. The summed E-state index contributed by atoms with van der Waals surface area (Å²) in [5, 5.41) is 8.97. The van der Waals surface area contributed by atoms with Crippen LogP contribution in [0.15, 0.2) is 79.4 Å². The molecule has 3 aromatic heterocycles. The van der Waals surface area contributed by atoms with E-state index in [9.17, 15) is 0 Å². The molecule has 180 valence electrons. The molecule has 0 unspecified atom stereocenters. The van der Waals surface area contributed by atoms with Gasteiger partial charge in [0, 0.05) is 49.1 Å². The number of anilines is 3. The quantitative estimate of drug-likeness (QED) is 0.275. The molecule has 0 radical (unpaired) electrons. The Hall–Kier alpha value is -4.52. The normalized spacial score (nSPS) is 10.9. The summed E-state index contributed by atoms with van der Waals surface area (Å²) in [6.07, 6.45) is 5.99. The zero-order chi connectivity index (χ0) is 24.9. The van der Waals surface area contributed by atoms with Crippen LogP contribution in [0.5, 0.6) is 0 Å². The molecular weight excluding hydrogens is 446 g/mol. The van der Waals surface area contributed by atoms with Crippen LogP contribution in [0.25, 0.3) is 10.8 Å². The second-order valence-corrected chi connectivity index (χ2v) is 8.90. The summed E-state index contributed by atoms with van der Waals surface area (Å²) in [7, 11) is 0. The number of nitrogen functional groups attached to an aromatic ring is 1. The standard InChI is InChI=1S/C29H29N7/c1-19-13-25-24(10-12-32-29(25)30)20(2)26(19)17-34-28-15-27(35-18-36-28)33-16-22-8-6-21(7-9-22)14-23-5-3-4-11-31-23/h3-13,15,18H,14,16-17H2,1-2H3,(H2,30,32)(H2,33,34,35,36). The third kappa shape index (κ3) is 5.25. The number of aryl methyl sites for hydroxylation is 2. The van der Waals surface area contributed by atoms with Crippen molar-refractivity contribution in [2.24, 2.45) is 0 Å². The van der Waals surface area contributed by atoms with Crippen molar-refractivity contribution in [3.63, 3.8) is 0 Å². The molecule has 4 N–H and O–H groups in total. The summed E-state index contributed by atoms with van der Waals surface area (Å²) < 4.78 is 0. The van der Waals surface area contributed by atoms with Crippen molar-refractivity contribution >= 4 is 28.2 Å². The van der Waals surface area contributed by atoms with Gasteiger partial charge < -0.3 is 16.4 Å². The monoisotopic (exact) mass is 475 g/mol. The number of fused-ring (bicyclic) bond motifs is 1. The average Bonchev–Trinajstić information content (AvgIpc) is 2.90. The van der Waals surface area contributed by atoms with Gasteiger partial charge in [-0.15, -0.1) is 0 Å². The Morgan fingerprint density at radius 1 is 0.722 bits per heavy atom. The molecule has 5 rings (SSSR count). The minimum atomic E-state index is 0.563. The SMILES string of the molecule is Cc1cc2c(N)nccc2c(C)c1CNc1cc(NCc2ccc(Cc3ccccn3)cc2)ncn1. The summed E-state index contributed by atoms with van der Waals surface area (Å²) >= 11 is 0. The first-order valence-corrected chi connectivity index (χ1v) is 12.0. The number of pyridine rings is 2. The summed E-state index contributed by atoms with van der Waals surface area (Å²) in [5.41, 5.74) is 13.2. The lowest BCUT2D eigenvalue weighted by molar-refractivity contribution is 1.04. The minimum Gasteiger partial charge on any atom is -0.383 e. The second kappa shape index (κ2) is 10.4. The lowest BCUT2D eigenvalue weighted by Gasteiger charge is -2.15. The van der Waals surface area contributed by atoms with Crippen LogP contribution in [0.3, 0.4) is 0 Å². The molecule has 0 atom stereocenters. The average molecular weight is 476 g/mol. The number of rotatable bonds is 8. The van der Waals surface area contributed by atoms with Crippen molar-refractivity contribution in [1.29, 1.82) is 0 Å². The van der Waals surface area contributed by atoms with Gasteiger partial charge >= 0.3 is 0 Å². The van der Waals surface area contributed by atoms with Crippen molar-refractivity contribution in [2.75, 3.05) is 16.4 Å². The zero-order valence-electron chi connectivity index (χ0n) is 20.5. The molecule has 36 heavy (non-hydrogen) atoms. The van der Waals surface area contributed by atoms with Crippen LogP contribution in [-0.2, 0) is 19.5 Å². The van der Waals surface area contributed by atoms with E-state index in [2.05, 4.69) is 74.7 Å². The zero-order valence-corrected chi connectivity index (χ0v) is 20.5. The highest BCUT2D eigenvalue weighted by Gasteiger charge is 2.10. The molecule has 0 aliphatic carbocycles. The molecule has 7 nitrogen and oxygen atoms in total. The van der Waals surface area contributed by atoms with Gasteiger partial charge in [0.05, 0.1) is 0 Å². The van der Waals surface area contributed by atoms with Crippen LogP contribution in [0.1, 0.15) is 33.5 Å². The van der Waals surface area contributed by atoms with E-state index in [1.165, 1.54) is 27.8 Å². The topological polar surface area (TPSA) is 102 Å². The molecule has 0 spiro atoms. The van der Waals surface area contributed by atoms with Gasteiger partial charge in [-0.25, -0.2) is 15.0 Å². The highest BCUT2D eigenvalue weighted by Crippen LogP contribution is 2.28. The molecule has 0 aliphatic rings. The van der Waals surface area contributed by atoms with Crippen molar-refractivity contribution in [2.45, 2.75) is 33.4 Å². The first-order valence-electron chi connectivity index (χ1n) is 12.0. The fourth-order valence-corrected chi connectivity index (χ4v) is 4.41. The number of hydrogen-bond acceptors (Lipinski definition) is 7. The number of nitrogens with zero attached hydrogens (tertiary/aromatic N) is 4. The van der Waals surface area contributed by atoms with Crippen LogP contribution in [-0.4, -0.2) is 19.9 Å². The number of nitrogens with one attached hydrogen (secondary N) is 2. The van der Waals surface area contributed by atoms with E-state index >= 15 is 0 Å². The molecule has 0 saturated carbocycles. The van der Waals surface area contributed by atoms with E-state index in [0.717, 1.165) is 34.5 Å². The molecule has 0 amide bonds. The molecular formula is C29H29N7. The first-order chi connectivity index (χ1) is 17.6. The van der Waals surface area contributed by atoms with Crippen LogP contribution in [0, 0.1) is 13.8 Å². The van der Waals surface area contributed by atoms with Crippen LogP contribution in [0.4, 0.5) is 17.5 Å². The summed E-state index contributed by atoms with van der Waals surface area (Å²) in [4.78, 5) is 17.4. The lowest BCUT2D eigenvalue weighted by atomic mass is 9.96. The Morgan fingerprint density at radius 3 is 2.22 bits per heavy atom. The Kier molecular flexibility index (Phi) is 6.71. The lowest BCUT2D eigenvalue weighted by Crippen LogP contribution is -2.08. The van der Waals surface area contributed by atoms with E-state index < -0.39 is 0 Å². The third-order valence-electron chi connectivity index (χ3n) is 6.44. The number of aromatic nitrogens is 4. The third-order valence-corrected chi connectivity index (χ3v) is 6.44. The van der Waals surface area contributed by atoms with Crippen LogP contribution >= 0.6 is 0 Å². The Labute approximate surface area is 210 Å². The summed E-state index contributed by atoms with van der Waals surface area (Å²) in [6.45, 7) is 5.56. The Morgan fingerprint density at radius 2 is 1.47 bits per heavy atom. The molecule has 0 fully saturated rings. The van der Waals surface area contributed by atoms with Gasteiger partial charge in [-0.1, -0.05) is 30.3 Å². The first kappa shape index (κ1) is 23.2. The Bertz CT molecular complexity index is 1480. The molecule has 0 bridgehead atoms. The van der Waals surface area contributed by atoms with Crippen molar-refractivity contribution in [1.82, 2.24) is 19.9 Å². The number of benzene rings is 2. The molecule has 5 aromatic rings. The van der Waals surface area contributed by atoms with E-state index in [-0.39, 0.29) is 0 Å². The molecule has 0 aliphatic heterocycles. The van der Waals surface area contributed by atoms with Crippen molar-refractivity contribution in [3.05, 3.63) is 113 Å². The van der Waals surface area contributed by atoms with Gasteiger partial charge in [0.2, 0.25) is 0 Å². The molecule has 7 heteroatoms. The second-order valence-electron chi connectivity index (χ2n) is 8.90. The van der Waals surface area contributed by atoms with Crippen LogP contribution < -0.4 is 16.4 Å². The van der Waals surface area contributed by atoms with E-state index in [4.69, 9.17) is 5.73 Å². The molecule has 3 heterocycles. The maximum Gasteiger partial charge on any atom is 0.131 e. The largest absolute Gasteiger partial charge is 0.383 e. The maximum atomic E-state index is 6.08. The minimum absolute atomic E-state index is 0.563.